The minimum absolute atomic E-state index is 0.636. The average Bonchev–Trinajstić information content (AvgIpc) is 2.68. The van der Waals surface area contributed by atoms with Gasteiger partial charge in [0.05, 0.1) is 0 Å². The Morgan fingerprint density at radius 2 is 2.18 bits per heavy atom. The number of fused-ring (bicyclic) bond motifs is 1. The van der Waals surface area contributed by atoms with Crippen LogP contribution in [-0.4, -0.2) is 11.5 Å². The standard InChI is InChI=1S/C14H20N2O/c1-10(7-8-15)4-6-14-16-12-9-11(2)3-5-13(12)17-14/h3,5,9-10H,4,6-8,15H2,1-2H3. The summed E-state index contributed by atoms with van der Waals surface area (Å²) in [6.45, 7) is 5.05. The Hall–Kier alpha value is -1.35. The van der Waals surface area contributed by atoms with Crippen LogP contribution in [0.25, 0.3) is 11.1 Å². The van der Waals surface area contributed by atoms with Crippen LogP contribution in [-0.2, 0) is 6.42 Å². The Bertz CT molecular complexity index is 490. The molecule has 2 aromatic rings. The van der Waals surface area contributed by atoms with Crippen molar-refractivity contribution in [3.8, 4) is 0 Å². The molecule has 1 aromatic carbocycles. The van der Waals surface area contributed by atoms with E-state index in [1.54, 1.807) is 0 Å². The van der Waals surface area contributed by atoms with Gasteiger partial charge in [-0.05, 0) is 49.9 Å². The number of benzene rings is 1. The minimum Gasteiger partial charge on any atom is -0.441 e. The molecular formula is C14H20N2O. The number of hydrogen-bond donors (Lipinski definition) is 1. The number of aryl methyl sites for hydroxylation is 2. The van der Waals surface area contributed by atoms with E-state index in [4.69, 9.17) is 10.2 Å². The highest BCUT2D eigenvalue weighted by molar-refractivity contribution is 5.73. The van der Waals surface area contributed by atoms with Gasteiger partial charge in [-0.1, -0.05) is 13.0 Å². The van der Waals surface area contributed by atoms with E-state index in [9.17, 15) is 0 Å². The highest BCUT2D eigenvalue weighted by atomic mass is 16.3. The molecule has 92 valence electrons. The lowest BCUT2D eigenvalue weighted by atomic mass is 10.0. The van der Waals surface area contributed by atoms with Crippen molar-refractivity contribution in [1.82, 2.24) is 4.98 Å². The first-order valence-corrected chi connectivity index (χ1v) is 6.25. The smallest absolute Gasteiger partial charge is 0.195 e. The number of aromatic nitrogens is 1. The van der Waals surface area contributed by atoms with E-state index in [2.05, 4.69) is 24.9 Å². The monoisotopic (exact) mass is 232 g/mol. The Labute approximate surface area is 102 Å². The number of oxazole rings is 1. The third kappa shape index (κ3) is 3.07. The van der Waals surface area contributed by atoms with Crippen LogP contribution in [0, 0.1) is 12.8 Å². The van der Waals surface area contributed by atoms with Gasteiger partial charge in [0.1, 0.15) is 5.52 Å². The molecule has 1 atom stereocenters. The van der Waals surface area contributed by atoms with E-state index in [1.165, 1.54) is 5.56 Å². The molecule has 0 saturated heterocycles. The molecule has 17 heavy (non-hydrogen) atoms. The zero-order valence-corrected chi connectivity index (χ0v) is 10.6. The van der Waals surface area contributed by atoms with E-state index in [1.807, 2.05) is 12.1 Å². The minimum atomic E-state index is 0.636. The number of rotatable bonds is 5. The van der Waals surface area contributed by atoms with Crippen LogP contribution in [0.2, 0.25) is 0 Å². The third-order valence-electron chi connectivity index (χ3n) is 3.10. The van der Waals surface area contributed by atoms with Crippen molar-refractivity contribution in [3.05, 3.63) is 29.7 Å². The molecule has 1 unspecified atom stereocenters. The van der Waals surface area contributed by atoms with Crippen LogP contribution in [0.1, 0.15) is 31.2 Å². The maximum Gasteiger partial charge on any atom is 0.195 e. The van der Waals surface area contributed by atoms with E-state index >= 15 is 0 Å². The van der Waals surface area contributed by atoms with E-state index in [-0.39, 0.29) is 0 Å². The van der Waals surface area contributed by atoms with Gasteiger partial charge >= 0.3 is 0 Å². The summed E-state index contributed by atoms with van der Waals surface area (Å²) in [7, 11) is 0. The molecule has 0 bridgehead atoms. The molecule has 0 radical (unpaired) electrons. The third-order valence-corrected chi connectivity index (χ3v) is 3.10. The van der Waals surface area contributed by atoms with Gasteiger partial charge < -0.3 is 10.2 Å². The zero-order valence-electron chi connectivity index (χ0n) is 10.6. The maximum absolute atomic E-state index is 5.71. The highest BCUT2D eigenvalue weighted by Gasteiger charge is 2.08. The fourth-order valence-corrected chi connectivity index (χ4v) is 1.99. The van der Waals surface area contributed by atoms with E-state index < -0.39 is 0 Å². The van der Waals surface area contributed by atoms with Gasteiger partial charge in [-0.15, -0.1) is 0 Å². The van der Waals surface area contributed by atoms with Crippen molar-refractivity contribution in [1.29, 1.82) is 0 Å². The first-order chi connectivity index (χ1) is 8.19. The molecular weight excluding hydrogens is 212 g/mol. The van der Waals surface area contributed by atoms with Crippen molar-refractivity contribution >= 4 is 11.1 Å². The lowest BCUT2D eigenvalue weighted by Gasteiger charge is -2.06. The zero-order chi connectivity index (χ0) is 12.3. The van der Waals surface area contributed by atoms with E-state index in [0.717, 1.165) is 42.8 Å². The van der Waals surface area contributed by atoms with Crippen molar-refractivity contribution < 1.29 is 4.42 Å². The molecule has 2 rings (SSSR count). The van der Waals surface area contributed by atoms with E-state index in [0.29, 0.717) is 5.92 Å². The second kappa shape index (κ2) is 5.32. The van der Waals surface area contributed by atoms with Gasteiger partial charge in [-0.25, -0.2) is 4.98 Å². The molecule has 3 heteroatoms. The molecule has 1 aromatic heterocycles. The van der Waals surface area contributed by atoms with Crippen LogP contribution < -0.4 is 5.73 Å². The second-order valence-corrected chi connectivity index (χ2v) is 4.80. The molecule has 2 N–H and O–H groups in total. The lowest BCUT2D eigenvalue weighted by Crippen LogP contribution is -2.06. The summed E-state index contributed by atoms with van der Waals surface area (Å²) in [5.74, 6) is 1.48. The predicted molar refractivity (Wildman–Crippen MR) is 69.9 cm³/mol. The topological polar surface area (TPSA) is 52.0 Å². The number of hydrogen-bond acceptors (Lipinski definition) is 3. The summed E-state index contributed by atoms with van der Waals surface area (Å²) in [5, 5.41) is 0. The lowest BCUT2D eigenvalue weighted by molar-refractivity contribution is 0.451. The first kappa shape index (κ1) is 12.1. The van der Waals surface area contributed by atoms with Gasteiger partial charge in [0.25, 0.3) is 0 Å². The summed E-state index contributed by atoms with van der Waals surface area (Å²) >= 11 is 0. The van der Waals surface area contributed by atoms with Gasteiger partial charge in [-0.3, -0.25) is 0 Å². The molecule has 1 heterocycles. The largest absolute Gasteiger partial charge is 0.441 e. The van der Waals surface area contributed by atoms with Crippen LogP contribution in [0.15, 0.2) is 22.6 Å². The summed E-state index contributed by atoms with van der Waals surface area (Å²) < 4.78 is 5.71. The number of nitrogens with zero attached hydrogens (tertiary/aromatic N) is 1. The number of nitrogens with two attached hydrogens (primary N) is 1. The normalized spacial score (nSPS) is 13.1. The Morgan fingerprint density at radius 3 is 2.94 bits per heavy atom. The van der Waals surface area contributed by atoms with Gasteiger partial charge in [0.2, 0.25) is 0 Å². The average molecular weight is 232 g/mol. The Morgan fingerprint density at radius 1 is 1.35 bits per heavy atom. The molecule has 0 aliphatic rings. The van der Waals surface area contributed by atoms with Crippen LogP contribution in [0.5, 0.6) is 0 Å². The van der Waals surface area contributed by atoms with Gasteiger partial charge in [0.15, 0.2) is 11.5 Å². The van der Waals surface area contributed by atoms with Crippen molar-refractivity contribution in [3.63, 3.8) is 0 Å². The van der Waals surface area contributed by atoms with Crippen molar-refractivity contribution in [2.24, 2.45) is 11.7 Å². The predicted octanol–water partition coefficient (Wildman–Crippen LogP) is 3.05. The molecule has 0 saturated carbocycles. The summed E-state index contributed by atoms with van der Waals surface area (Å²) in [4.78, 5) is 4.51. The molecule has 0 amide bonds. The fraction of sp³-hybridized carbons (Fsp3) is 0.500. The maximum atomic E-state index is 5.71. The Kier molecular flexibility index (Phi) is 3.79. The molecule has 0 fully saturated rings. The first-order valence-electron chi connectivity index (χ1n) is 6.25. The molecule has 3 nitrogen and oxygen atoms in total. The van der Waals surface area contributed by atoms with Crippen LogP contribution in [0.3, 0.4) is 0 Å². The van der Waals surface area contributed by atoms with Crippen molar-refractivity contribution in [2.45, 2.75) is 33.1 Å². The van der Waals surface area contributed by atoms with Gasteiger partial charge in [0, 0.05) is 6.42 Å². The second-order valence-electron chi connectivity index (χ2n) is 4.80. The molecule has 0 spiro atoms. The molecule has 0 aliphatic carbocycles. The quantitative estimate of drug-likeness (QED) is 0.862. The van der Waals surface area contributed by atoms with Crippen LogP contribution in [0.4, 0.5) is 0 Å². The Balaban J connectivity index is 2.04. The fourth-order valence-electron chi connectivity index (χ4n) is 1.99. The summed E-state index contributed by atoms with van der Waals surface area (Å²) in [5.41, 5.74) is 8.60. The highest BCUT2D eigenvalue weighted by Crippen LogP contribution is 2.19. The van der Waals surface area contributed by atoms with Gasteiger partial charge in [-0.2, -0.15) is 0 Å². The van der Waals surface area contributed by atoms with Crippen molar-refractivity contribution in [2.75, 3.05) is 6.54 Å². The SMILES string of the molecule is Cc1ccc2oc(CCC(C)CCN)nc2c1. The molecule has 0 aliphatic heterocycles. The van der Waals surface area contributed by atoms with Crippen LogP contribution >= 0.6 is 0 Å². The summed E-state index contributed by atoms with van der Waals surface area (Å²) in [6.07, 6.45) is 3.05. The summed E-state index contributed by atoms with van der Waals surface area (Å²) in [6, 6.07) is 6.10.